The summed E-state index contributed by atoms with van der Waals surface area (Å²) in [4.78, 5) is 18.2. The molecule has 1 amide bonds. The minimum Gasteiger partial charge on any atom is -0.368 e. The van der Waals surface area contributed by atoms with Gasteiger partial charge >= 0.3 is 0 Å². The maximum absolute atomic E-state index is 12.6. The van der Waals surface area contributed by atoms with Gasteiger partial charge in [-0.1, -0.05) is 42.5 Å². The summed E-state index contributed by atoms with van der Waals surface area (Å²) in [6.07, 6.45) is 0. The molecule has 0 atom stereocenters. The number of aryl methyl sites for hydroxylation is 1. The summed E-state index contributed by atoms with van der Waals surface area (Å²) in [5.41, 5.74) is 3.35. The van der Waals surface area contributed by atoms with Crippen molar-refractivity contribution in [1.29, 1.82) is 0 Å². The molecular formula is C20H22N6O. The topological polar surface area (TPSA) is 67.2 Å². The summed E-state index contributed by atoms with van der Waals surface area (Å²) in [5.74, 6) is 0.559. The smallest absolute Gasteiger partial charge is 0.246 e. The highest BCUT2D eigenvalue weighted by molar-refractivity contribution is 5.76. The van der Waals surface area contributed by atoms with Crippen LogP contribution in [0.4, 0.5) is 5.69 Å². The Morgan fingerprint density at radius 1 is 1.00 bits per heavy atom. The summed E-state index contributed by atoms with van der Waals surface area (Å²) >= 11 is 0. The van der Waals surface area contributed by atoms with E-state index in [0.29, 0.717) is 18.9 Å². The lowest BCUT2D eigenvalue weighted by Crippen LogP contribution is -2.49. The normalized spacial score (nSPS) is 14.4. The van der Waals surface area contributed by atoms with Gasteiger partial charge < -0.3 is 9.80 Å². The lowest BCUT2D eigenvalue weighted by molar-refractivity contribution is -0.132. The number of benzene rings is 2. The summed E-state index contributed by atoms with van der Waals surface area (Å²) in [6, 6.07) is 18.1. The first-order valence-electron chi connectivity index (χ1n) is 9.12. The third-order valence-electron chi connectivity index (χ3n) is 4.76. The van der Waals surface area contributed by atoms with Crippen LogP contribution >= 0.6 is 0 Å². The number of carbonyl (C=O) groups is 1. The molecule has 1 aromatic heterocycles. The van der Waals surface area contributed by atoms with Crippen LogP contribution in [0.1, 0.15) is 5.56 Å². The first-order chi connectivity index (χ1) is 13.2. The molecule has 3 aromatic rings. The molecule has 4 rings (SSSR count). The number of rotatable bonds is 4. The molecule has 0 radical (unpaired) electrons. The number of piperazine rings is 1. The molecule has 0 spiro atoms. The van der Waals surface area contributed by atoms with E-state index in [9.17, 15) is 4.79 Å². The van der Waals surface area contributed by atoms with Crippen LogP contribution in [0.5, 0.6) is 0 Å². The number of tetrazole rings is 1. The van der Waals surface area contributed by atoms with Crippen LogP contribution in [0, 0.1) is 6.92 Å². The summed E-state index contributed by atoms with van der Waals surface area (Å²) in [6.45, 7) is 5.27. The number of aromatic nitrogens is 4. The number of hydrogen-bond donors (Lipinski definition) is 0. The Morgan fingerprint density at radius 2 is 1.78 bits per heavy atom. The van der Waals surface area contributed by atoms with Gasteiger partial charge in [0.05, 0.1) is 0 Å². The lowest BCUT2D eigenvalue weighted by atomic mass is 10.2. The van der Waals surface area contributed by atoms with Crippen molar-refractivity contribution in [3.05, 3.63) is 60.2 Å². The lowest BCUT2D eigenvalue weighted by Gasteiger charge is -2.36. The number of carbonyl (C=O) groups excluding carboxylic acids is 1. The zero-order valence-corrected chi connectivity index (χ0v) is 15.3. The standard InChI is InChI=1S/C20H22N6O/c1-16-6-5-9-18(14-16)24-10-12-25(13-11-24)19(27)15-26-22-20(21-23-26)17-7-3-2-4-8-17/h2-9,14H,10-13,15H2,1H3. The average molecular weight is 362 g/mol. The molecule has 1 fully saturated rings. The van der Waals surface area contributed by atoms with Crippen molar-refractivity contribution in [2.75, 3.05) is 31.1 Å². The molecule has 0 N–H and O–H groups in total. The van der Waals surface area contributed by atoms with E-state index in [1.165, 1.54) is 16.0 Å². The summed E-state index contributed by atoms with van der Waals surface area (Å²) in [5, 5.41) is 12.4. The fourth-order valence-electron chi connectivity index (χ4n) is 3.27. The molecule has 2 heterocycles. The highest BCUT2D eigenvalue weighted by Gasteiger charge is 2.22. The Hall–Kier alpha value is -3.22. The molecule has 0 saturated carbocycles. The van der Waals surface area contributed by atoms with Crippen LogP contribution in [0.25, 0.3) is 11.4 Å². The minimum absolute atomic E-state index is 0.0240. The molecule has 138 valence electrons. The Balaban J connectivity index is 1.34. The fraction of sp³-hybridized carbons (Fsp3) is 0.300. The van der Waals surface area contributed by atoms with E-state index in [0.717, 1.165) is 18.7 Å². The maximum atomic E-state index is 12.6. The Labute approximate surface area is 158 Å². The molecule has 0 aliphatic carbocycles. The quantitative estimate of drug-likeness (QED) is 0.710. The summed E-state index contributed by atoms with van der Waals surface area (Å²) in [7, 11) is 0. The van der Waals surface area contributed by atoms with Crippen molar-refractivity contribution >= 4 is 11.6 Å². The van der Waals surface area contributed by atoms with Gasteiger partial charge in [-0.15, -0.1) is 10.2 Å². The van der Waals surface area contributed by atoms with E-state index in [2.05, 4.69) is 51.5 Å². The van der Waals surface area contributed by atoms with Crippen molar-refractivity contribution < 1.29 is 4.79 Å². The summed E-state index contributed by atoms with van der Waals surface area (Å²) < 4.78 is 0. The number of amides is 1. The largest absolute Gasteiger partial charge is 0.368 e. The fourth-order valence-corrected chi connectivity index (χ4v) is 3.27. The second-order valence-electron chi connectivity index (χ2n) is 6.72. The van der Waals surface area contributed by atoms with Gasteiger partial charge in [-0.05, 0) is 29.8 Å². The van der Waals surface area contributed by atoms with Crippen molar-refractivity contribution in [3.63, 3.8) is 0 Å². The first kappa shape index (κ1) is 17.2. The molecule has 0 bridgehead atoms. The Morgan fingerprint density at radius 3 is 2.52 bits per heavy atom. The molecule has 27 heavy (non-hydrogen) atoms. The van der Waals surface area contributed by atoms with Crippen LogP contribution < -0.4 is 4.90 Å². The molecule has 1 aliphatic rings. The molecule has 1 aliphatic heterocycles. The van der Waals surface area contributed by atoms with Crippen LogP contribution in [-0.2, 0) is 11.3 Å². The molecule has 1 saturated heterocycles. The van der Waals surface area contributed by atoms with Crippen LogP contribution in [-0.4, -0.2) is 57.2 Å². The van der Waals surface area contributed by atoms with Gasteiger partial charge in [-0.25, -0.2) is 0 Å². The number of hydrogen-bond acceptors (Lipinski definition) is 5. The zero-order valence-electron chi connectivity index (χ0n) is 15.3. The van der Waals surface area contributed by atoms with E-state index in [1.807, 2.05) is 35.2 Å². The van der Waals surface area contributed by atoms with Crippen molar-refractivity contribution in [2.45, 2.75) is 13.5 Å². The predicted octanol–water partition coefficient (Wildman–Crippen LogP) is 2.00. The highest BCUT2D eigenvalue weighted by atomic mass is 16.2. The zero-order chi connectivity index (χ0) is 18.6. The monoisotopic (exact) mass is 362 g/mol. The average Bonchev–Trinajstić information content (AvgIpc) is 3.17. The van der Waals surface area contributed by atoms with Crippen molar-refractivity contribution in [3.8, 4) is 11.4 Å². The van der Waals surface area contributed by atoms with E-state index in [-0.39, 0.29) is 12.5 Å². The van der Waals surface area contributed by atoms with Gasteiger partial charge in [0.2, 0.25) is 11.7 Å². The van der Waals surface area contributed by atoms with Crippen LogP contribution in [0.2, 0.25) is 0 Å². The van der Waals surface area contributed by atoms with Crippen LogP contribution in [0.15, 0.2) is 54.6 Å². The van der Waals surface area contributed by atoms with Gasteiger partial charge in [0.25, 0.3) is 0 Å². The van der Waals surface area contributed by atoms with Gasteiger partial charge in [-0.3, -0.25) is 4.79 Å². The molecule has 0 unspecified atom stereocenters. The second kappa shape index (κ2) is 7.57. The Bertz CT molecular complexity index is 915. The van der Waals surface area contributed by atoms with Gasteiger partial charge in [-0.2, -0.15) is 4.80 Å². The van der Waals surface area contributed by atoms with Crippen LogP contribution in [0.3, 0.4) is 0 Å². The first-order valence-corrected chi connectivity index (χ1v) is 9.12. The third kappa shape index (κ3) is 3.97. The van der Waals surface area contributed by atoms with E-state index in [1.54, 1.807) is 0 Å². The molecular weight excluding hydrogens is 340 g/mol. The maximum Gasteiger partial charge on any atom is 0.246 e. The number of nitrogens with zero attached hydrogens (tertiary/aromatic N) is 6. The number of anilines is 1. The van der Waals surface area contributed by atoms with E-state index >= 15 is 0 Å². The van der Waals surface area contributed by atoms with Crippen molar-refractivity contribution in [1.82, 2.24) is 25.1 Å². The van der Waals surface area contributed by atoms with E-state index in [4.69, 9.17) is 0 Å². The molecule has 7 heteroatoms. The van der Waals surface area contributed by atoms with Gasteiger partial charge in [0.1, 0.15) is 6.54 Å². The third-order valence-corrected chi connectivity index (χ3v) is 4.76. The second-order valence-corrected chi connectivity index (χ2v) is 6.72. The van der Waals surface area contributed by atoms with Crippen molar-refractivity contribution in [2.24, 2.45) is 0 Å². The molecule has 7 nitrogen and oxygen atoms in total. The predicted molar refractivity (Wildman–Crippen MR) is 103 cm³/mol. The Kier molecular flexibility index (Phi) is 4.82. The SMILES string of the molecule is Cc1cccc(N2CCN(C(=O)Cn3nnc(-c4ccccc4)n3)CC2)c1. The minimum atomic E-state index is 0.0240. The van der Waals surface area contributed by atoms with E-state index < -0.39 is 0 Å². The van der Waals surface area contributed by atoms with Gasteiger partial charge in [0.15, 0.2) is 0 Å². The molecule has 2 aromatic carbocycles. The highest BCUT2D eigenvalue weighted by Crippen LogP contribution is 2.18. The van der Waals surface area contributed by atoms with Gasteiger partial charge in [0, 0.05) is 37.4 Å².